The van der Waals surface area contributed by atoms with Gasteiger partial charge < -0.3 is 9.64 Å². The number of hydrogen-bond acceptors (Lipinski definition) is 4. The fraction of sp³-hybridized carbons (Fsp3) is 0.474. The number of carbonyl (C=O) groups is 1. The monoisotopic (exact) mass is 325 g/mol. The van der Waals surface area contributed by atoms with Crippen LogP contribution in [0.4, 0.5) is 5.69 Å². The number of amidine groups is 1. The maximum absolute atomic E-state index is 12.5. The van der Waals surface area contributed by atoms with Crippen LogP contribution in [0.25, 0.3) is 6.08 Å². The van der Waals surface area contributed by atoms with Crippen molar-refractivity contribution in [1.82, 2.24) is 4.90 Å². The van der Waals surface area contributed by atoms with Gasteiger partial charge in [-0.05, 0) is 36.6 Å². The third-order valence-corrected chi connectivity index (χ3v) is 4.88. The average Bonchev–Trinajstić information content (AvgIpc) is 2.79. The van der Waals surface area contributed by atoms with E-state index in [1.807, 2.05) is 11.0 Å². The predicted molar refractivity (Wildman–Crippen MR) is 95.1 cm³/mol. The molecular weight excluding hydrogens is 302 g/mol. The fourth-order valence-electron chi connectivity index (χ4n) is 3.51. The summed E-state index contributed by atoms with van der Waals surface area (Å²) in [5.41, 5.74) is 2.81. The molecule has 0 aromatic heterocycles. The lowest BCUT2D eigenvalue weighted by Gasteiger charge is -2.28. The number of fused-ring (bicyclic) bond motifs is 1. The highest BCUT2D eigenvalue weighted by molar-refractivity contribution is 6.14. The van der Waals surface area contributed by atoms with E-state index in [4.69, 9.17) is 4.74 Å². The van der Waals surface area contributed by atoms with Gasteiger partial charge in [0, 0.05) is 31.7 Å². The zero-order chi connectivity index (χ0) is 16.4. The molecule has 0 bridgehead atoms. The van der Waals surface area contributed by atoms with Gasteiger partial charge >= 0.3 is 0 Å². The van der Waals surface area contributed by atoms with E-state index in [0.717, 1.165) is 63.5 Å². The van der Waals surface area contributed by atoms with E-state index in [1.165, 1.54) is 12.1 Å². The van der Waals surface area contributed by atoms with Crippen molar-refractivity contribution in [3.8, 4) is 0 Å². The van der Waals surface area contributed by atoms with Crippen molar-refractivity contribution >= 4 is 23.5 Å². The van der Waals surface area contributed by atoms with Crippen LogP contribution in [-0.4, -0.2) is 49.5 Å². The molecule has 4 rings (SSSR count). The molecule has 0 unspecified atom stereocenters. The Morgan fingerprint density at radius 2 is 1.79 bits per heavy atom. The SMILES string of the molecule is O=C1/C(=C\c2ccc(N3CCOCC3)cc2)N=C2CCCCCN12. The first-order valence-corrected chi connectivity index (χ1v) is 8.85. The van der Waals surface area contributed by atoms with Gasteiger partial charge in [0.2, 0.25) is 0 Å². The highest BCUT2D eigenvalue weighted by atomic mass is 16.5. The van der Waals surface area contributed by atoms with E-state index in [-0.39, 0.29) is 5.91 Å². The van der Waals surface area contributed by atoms with E-state index in [0.29, 0.717) is 5.70 Å². The molecule has 126 valence electrons. The number of nitrogens with zero attached hydrogens (tertiary/aromatic N) is 3. The third-order valence-electron chi connectivity index (χ3n) is 4.88. The third kappa shape index (κ3) is 3.08. The van der Waals surface area contributed by atoms with Crippen molar-refractivity contribution < 1.29 is 9.53 Å². The van der Waals surface area contributed by atoms with Gasteiger partial charge in [-0.25, -0.2) is 4.99 Å². The highest BCUT2D eigenvalue weighted by Gasteiger charge is 2.30. The standard InChI is InChI=1S/C19H23N3O2/c23-19-17(20-18-4-2-1-3-9-22(18)19)14-15-5-7-16(8-6-15)21-10-12-24-13-11-21/h5-8,14H,1-4,9-13H2/b17-14+. The summed E-state index contributed by atoms with van der Waals surface area (Å²) in [7, 11) is 0. The smallest absolute Gasteiger partial charge is 0.277 e. The van der Waals surface area contributed by atoms with Crippen molar-refractivity contribution in [2.24, 2.45) is 4.99 Å². The van der Waals surface area contributed by atoms with Gasteiger partial charge in [-0.3, -0.25) is 9.69 Å². The van der Waals surface area contributed by atoms with Crippen LogP contribution in [0.3, 0.4) is 0 Å². The van der Waals surface area contributed by atoms with Crippen LogP contribution in [-0.2, 0) is 9.53 Å². The van der Waals surface area contributed by atoms with E-state index in [1.54, 1.807) is 0 Å². The van der Waals surface area contributed by atoms with E-state index in [2.05, 4.69) is 34.2 Å². The minimum Gasteiger partial charge on any atom is -0.378 e. The first-order valence-electron chi connectivity index (χ1n) is 8.85. The summed E-state index contributed by atoms with van der Waals surface area (Å²) in [6, 6.07) is 8.36. The van der Waals surface area contributed by atoms with Gasteiger partial charge in [0.05, 0.1) is 13.2 Å². The quantitative estimate of drug-likeness (QED) is 0.785. The Kier molecular flexibility index (Phi) is 4.34. The van der Waals surface area contributed by atoms with Crippen LogP contribution in [0.2, 0.25) is 0 Å². The normalized spacial score (nSPS) is 23.2. The topological polar surface area (TPSA) is 45.1 Å². The van der Waals surface area contributed by atoms with Gasteiger partial charge in [0.15, 0.2) is 0 Å². The number of hydrogen-bond donors (Lipinski definition) is 0. The second-order valence-corrected chi connectivity index (χ2v) is 6.52. The van der Waals surface area contributed by atoms with E-state index in [9.17, 15) is 4.79 Å². The number of carbonyl (C=O) groups excluding carboxylic acids is 1. The molecule has 1 amide bonds. The van der Waals surface area contributed by atoms with Crippen molar-refractivity contribution in [2.75, 3.05) is 37.7 Å². The Balaban J connectivity index is 1.52. The zero-order valence-electron chi connectivity index (χ0n) is 13.9. The van der Waals surface area contributed by atoms with Crippen LogP contribution in [0.1, 0.15) is 31.2 Å². The molecule has 3 aliphatic heterocycles. The molecule has 3 heterocycles. The molecule has 0 N–H and O–H groups in total. The minimum absolute atomic E-state index is 0.0594. The van der Waals surface area contributed by atoms with Gasteiger partial charge in [-0.15, -0.1) is 0 Å². The summed E-state index contributed by atoms with van der Waals surface area (Å²) >= 11 is 0. The van der Waals surface area contributed by atoms with Crippen LogP contribution < -0.4 is 4.90 Å². The number of amides is 1. The molecule has 24 heavy (non-hydrogen) atoms. The molecule has 0 spiro atoms. The van der Waals surface area contributed by atoms with Gasteiger partial charge in [0.1, 0.15) is 11.5 Å². The lowest BCUT2D eigenvalue weighted by molar-refractivity contribution is -0.122. The maximum Gasteiger partial charge on any atom is 0.277 e. The highest BCUT2D eigenvalue weighted by Crippen LogP contribution is 2.25. The Morgan fingerprint density at radius 3 is 2.58 bits per heavy atom. The van der Waals surface area contributed by atoms with Crippen molar-refractivity contribution in [3.63, 3.8) is 0 Å². The molecule has 0 radical (unpaired) electrons. The zero-order valence-corrected chi connectivity index (χ0v) is 13.9. The van der Waals surface area contributed by atoms with Crippen molar-refractivity contribution in [3.05, 3.63) is 35.5 Å². The second kappa shape index (κ2) is 6.77. The average molecular weight is 325 g/mol. The largest absolute Gasteiger partial charge is 0.378 e. The van der Waals surface area contributed by atoms with Crippen LogP contribution >= 0.6 is 0 Å². The Bertz CT molecular complexity index is 672. The molecule has 5 nitrogen and oxygen atoms in total. The molecule has 0 aliphatic carbocycles. The van der Waals surface area contributed by atoms with Gasteiger partial charge in [0.25, 0.3) is 5.91 Å². The summed E-state index contributed by atoms with van der Waals surface area (Å²) in [6.45, 7) is 4.25. The lowest BCUT2D eigenvalue weighted by Crippen LogP contribution is -2.36. The molecule has 2 fully saturated rings. The second-order valence-electron chi connectivity index (χ2n) is 6.52. The predicted octanol–water partition coefficient (Wildman–Crippen LogP) is 2.68. The maximum atomic E-state index is 12.5. The summed E-state index contributed by atoms with van der Waals surface area (Å²) in [5.74, 6) is 1.01. The molecule has 2 saturated heterocycles. The van der Waals surface area contributed by atoms with Crippen LogP contribution in [0.5, 0.6) is 0 Å². The molecule has 0 saturated carbocycles. The van der Waals surface area contributed by atoms with Crippen LogP contribution in [0.15, 0.2) is 35.0 Å². The first kappa shape index (κ1) is 15.4. The summed E-state index contributed by atoms with van der Waals surface area (Å²) in [4.78, 5) is 21.3. The van der Waals surface area contributed by atoms with Gasteiger partial charge in [-0.2, -0.15) is 0 Å². The molecule has 1 aromatic carbocycles. The van der Waals surface area contributed by atoms with E-state index < -0.39 is 0 Å². The molecule has 1 aromatic rings. The van der Waals surface area contributed by atoms with Crippen LogP contribution in [0, 0.1) is 0 Å². The Hall–Kier alpha value is -2.14. The summed E-state index contributed by atoms with van der Waals surface area (Å²) in [5, 5.41) is 0. The van der Waals surface area contributed by atoms with E-state index >= 15 is 0 Å². The fourth-order valence-corrected chi connectivity index (χ4v) is 3.51. The number of benzene rings is 1. The number of rotatable bonds is 2. The lowest BCUT2D eigenvalue weighted by atomic mass is 10.1. The summed E-state index contributed by atoms with van der Waals surface area (Å²) in [6.07, 6.45) is 6.22. The molecule has 3 aliphatic rings. The van der Waals surface area contributed by atoms with Crippen molar-refractivity contribution in [2.45, 2.75) is 25.7 Å². The summed E-state index contributed by atoms with van der Waals surface area (Å²) < 4.78 is 5.39. The Labute approximate surface area is 142 Å². The minimum atomic E-state index is 0.0594. The number of aliphatic imine (C=N–C) groups is 1. The van der Waals surface area contributed by atoms with Crippen molar-refractivity contribution in [1.29, 1.82) is 0 Å². The van der Waals surface area contributed by atoms with Gasteiger partial charge in [-0.1, -0.05) is 18.6 Å². The Morgan fingerprint density at radius 1 is 1.00 bits per heavy atom. The molecular formula is C19H23N3O2. The number of ether oxygens (including phenoxy) is 1. The molecule has 5 heteroatoms. The number of anilines is 1. The molecule has 0 atom stereocenters. The first-order chi connectivity index (χ1) is 11.8. The number of morpholine rings is 1.